The molecule has 0 aliphatic carbocycles. The summed E-state index contributed by atoms with van der Waals surface area (Å²) in [5, 5.41) is 6.67. The van der Waals surface area contributed by atoms with Crippen molar-refractivity contribution in [1.82, 2.24) is 15.5 Å². The molecule has 3 atom stereocenters. The number of halogens is 1. The van der Waals surface area contributed by atoms with Crippen LogP contribution in [0.1, 0.15) is 20.3 Å². The molecule has 2 amide bonds. The lowest BCUT2D eigenvalue weighted by atomic mass is 9.87. The van der Waals surface area contributed by atoms with Gasteiger partial charge in [-0.2, -0.15) is 0 Å². The van der Waals surface area contributed by atoms with Crippen molar-refractivity contribution in [3.63, 3.8) is 0 Å². The molecule has 1 aromatic carbocycles. The second-order valence-corrected chi connectivity index (χ2v) is 8.22. The first kappa shape index (κ1) is 20.9. The van der Waals surface area contributed by atoms with Crippen LogP contribution in [-0.2, 0) is 14.3 Å². The van der Waals surface area contributed by atoms with E-state index >= 15 is 0 Å². The van der Waals surface area contributed by atoms with E-state index in [9.17, 15) is 9.59 Å². The first-order chi connectivity index (χ1) is 13.4. The van der Waals surface area contributed by atoms with Crippen molar-refractivity contribution in [3.8, 4) is 0 Å². The van der Waals surface area contributed by atoms with Gasteiger partial charge in [0.2, 0.25) is 11.8 Å². The third kappa shape index (κ3) is 4.26. The number of carbonyl (C=O) groups excluding carboxylic acids is 2. The lowest BCUT2D eigenvalue weighted by molar-refractivity contribution is -0.137. The Morgan fingerprint density at radius 1 is 1.43 bits per heavy atom. The van der Waals surface area contributed by atoms with E-state index in [0.717, 1.165) is 12.2 Å². The molecule has 0 radical (unpaired) electrons. The summed E-state index contributed by atoms with van der Waals surface area (Å²) in [5.74, 6) is -0.306. The fourth-order valence-electron chi connectivity index (χ4n) is 4.25. The van der Waals surface area contributed by atoms with E-state index < -0.39 is 5.54 Å². The summed E-state index contributed by atoms with van der Waals surface area (Å²) in [6.07, 6.45) is 0.411. The van der Waals surface area contributed by atoms with Crippen molar-refractivity contribution < 1.29 is 14.3 Å². The average molecular weight is 409 g/mol. The molecule has 1 aromatic rings. The lowest BCUT2D eigenvalue weighted by Gasteiger charge is -2.42. The van der Waals surface area contributed by atoms with E-state index in [-0.39, 0.29) is 30.4 Å². The highest BCUT2D eigenvalue weighted by Gasteiger charge is 2.45. The van der Waals surface area contributed by atoms with Crippen molar-refractivity contribution >= 4 is 29.1 Å². The molecule has 154 valence electrons. The van der Waals surface area contributed by atoms with Crippen molar-refractivity contribution in [2.75, 3.05) is 44.9 Å². The number of nitrogens with zero attached hydrogens (tertiary/aromatic N) is 2. The molecule has 2 saturated heterocycles. The zero-order chi connectivity index (χ0) is 20.3. The molecule has 7 nitrogen and oxygen atoms in total. The molecule has 2 fully saturated rings. The SMILES string of the molecule is COCC1(CC(C)C(=O)N2CCN(c3cccc(Cl)c3)[C@@H](C)C2)NCNC1=O. The van der Waals surface area contributed by atoms with Gasteiger partial charge >= 0.3 is 0 Å². The summed E-state index contributed by atoms with van der Waals surface area (Å²) in [5.41, 5.74) is 0.240. The minimum atomic E-state index is -0.835. The Hall–Kier alpha value is -1.83. The second kappa shape index (κ2) is 8.68. The second-order valence-electron chi connectivity index (χ2n) is 7.79. The van der Waals surface area contributed by atoms with E-state index in [2.05, 4.69) is 22.5 Å². The Kier molecular flexibility index (Phi) is 6.47. The summed E-state index contributed by atoms with van der Waals surface area (Å²) in [6.45, 7) is 6.70. The third-order valence-electron chi connectivity index (χ3n) is 5.66. The standard InChI is InChI=1S/C20H29ClN4O3/c1-14(10-20(12-28-3)19(27)22-13-23-20)18(26)24-7-8-25(15(2)11-24)17-6-4-5-16(21)9-17/h4-6,9,14-15,23H,7-8,10-13H2,1-3H3,(H,22,27)/t14?,15-,20?/m0/s1. The molecule has 0 saturated carbocycles. The zero-order valence-electron chi connectivity index (χ0n) is 16.7. The number of rotatable bonds is 6. The highest BCUT2D eigenvalue weighted by atomic mass is 35.5. The molecular formula is C20H29ClN4O3. The fraction of sp³-hybridized carbons (Fsp3) is 0.600. The number of anilines is 1. The topological polar surface area (TPSA) is 73.9 Å². The number of hydrogen-bond acceptors (Lipinski definition) is 5. The Balaban J connectivity index is 1.63. The predicted octanol–water partition coefficient (Wildman–Crippen LogP) is 1.47. The lowest BCUT2D eigenvalue weighted by Crippen LogP contribution is -2.57. The molecule has 0 spiro atoms. The number of amides is 2. The minimum Gasteiger partial charge on any atom is -0.382 e. The van der Waals surface area contributed by atoms with Gasteiger partial charge in [0.15, 0.2) is 0 Å². The highest BCUT2D eigenvalue weighted by molar-refractivity contribution is 6.30. The summed E-state index contributed by atoms with van der Waals surface area (Å²) in [6, 6.07) is 7.99. The molecular weight excluding hydrogens is 380 g/mol. The number of ether oxygens (including phenoxy) is 1. The van der Waals surface area contributed by atoms with E-state index in [0.29, 0.717) is 31.2 Å². The first-order valence-corrected chi connectivity index (χ1v) is 10.1. The summed E-state index contributed by atoms with van der Waals surface area (Å²) >= 11 is 6.12. The van der Waals surface area contributed by atoms with Gasteiger partial charge in [0.05, 0.1) is 13.3 Å². The molecule has 0 aromatic heterocycles. The molecule has 2 aliphatic heterocycles. The van der Waals surface area contributed by atoms with Crippen LogP contribution >= 0.6 is 11.6 Å². The van der Waals surface area contributed by atoms with Gasteiger partial charge < -0.3 is 19.9 Å². The molecule has 0 bridgehead atoms. The number of methoxy groups -OCH3 is 1. The molecule has 2 heterocycles. The van der Waals surface area contributed by atoms with E-state index in [1.807, 2.05) is 36.1 Å². The van der Waals surface area contributed by atoms with Crippen LogP contribution in [-0.4, -0.2) is 68.3 Å². The minimum absolute atomic E-state index is 0.0783. The van der Waals surface area contributed by atoms with Crippen LogP contribution in [0.5, 0.6) is 0 Å². The van der Waals surface area contributed by atoms with Crippen molar-refractivity contribution in [2.45, 2.75) is 31.8 Å². The number of nitrogens with one attached hydrogen (secondary N) is 2. The summed E-state index contributed by atoms with van der Waals surface area (Å²) in [4.78, 5) is 29.6. The number of carbonyl (C=O) groups is 2. The van der Waals surface area contributed by atoms with Crippen LogP contribution < -0.4 is 15.5 Å². The number of benzene rings is 1. The average Bonchev–Trinajstić information content (AvgIpc) is 3.01. The van der Waals surface area contributed by atoms with Crippen molar-refractivity contribution in [3.05, 3.63) is 29.3 Å². The zero-order valence-corrected chi connectivity index (χ0v) is 17.5. The number of hydrogen-bond donors (Lipinski definition) is 2. The Bertz CT molecular complexity index is 731. The van der Waals surface area contributed by atoms with Crippen LogP contribution in [0.15, 0.2) is 24.3 Å². The number of piperazine rings is 1. The van der Waals surface area contributed by atoms with Gasteiger partial charge in [-0.05, 0) is 31.5 Å². The van der Waals surface area contributed by atoms with Crippen LogP contribution in [0.4, 0.5) is 5.69 Å². The smallest absolute Gasteiger partial charge is 0.243 e. The van der Waals surface area contributed by atoms with Gasteiger partial charge in [0.1, 0.15) is 5.54 Å². The maximum Gasteiger partial charge on any atom is 0.243 e. The Labute approximate surface area is 171 Å². The fourth-order valence-corrected chi connectivity index (χ4v) is 4.43. The van der Waals surface area contributed by atoms with Crippen LogP contribution in [0, 0.1) is 5.92 Å². The van der Waals surface area contributed by atoms with E-state index in [1.54, 1.807) is 7.11 Å². The normalized spacial score (nSPS) is 26.3. The quantitative estimate of drug-likeness (QED) is 0.745. The van der Waals surface area contributed by atoms with Gasteiger partial charge in [0, 0.05) is 49.4 Å². The van der Waals surface area contributed by atoms with Crippen LogP contribution in [0.2, 0.25) is 5.02 Å². The monoisotopic (exact) mass is 408 g/mol. The summed E-state index contributed by atoms with van der Waals surface area (Å²) < 4.78 is 5.25. The highest BCUT2D eigenvalue weighted by Crippen LogP contribution is 2.26. The Morgan fingerprint density at radius 3 is 2.82 bits per heavy atom. The first-order valence-electron chi connectivity index (χ1n) is 9.69. The summed E-state index contributed by atoms with van der Waals surface area (Å²) in [7, 11) is 1.57. The van der Waals surface area contributed by atoms with E-state index in [1.165, 1.54) is 0 Å². The van der Waals surface area contributed by atoms with Gasteiger partial charge in [-0.1, -0.05) is 24.6 Å². The van der Waals surface area contributed by atoms with Gasteiger partial charge in [-0.3, -0.25) is 14.9 Å². The molecule has 3 rings (SSSR count). The van der Waals surface area contributed by atoms with Crippen molar-refractivity contribution in [1.29, 1.82) is 0 Å². The van der Waals surface area contributed by atoms with Crippen LogP contribution in [0.25, 0.3) is 0 Å². The van der Waals surface area contributed by atoms with Gasteiger partial charge in [0.25, 0.3) is 0 Å². The van der Waals surface area contributed by atoms with Crippen molar-refractivity contribution in [2.24, 2.45) is 5.92 Å². The molecule has 2 N–H and O–H groups in total. The van der Waals surface area contributed by atoms with Crippen LogP contribution in [0.3, 0.4) is 0 Å². The Morgan fingerprint density at radius 2 is 2.21 bits per heavy atom. The van der Waals surface area contributed by atoms with Gasteiger partial charge in [-0.25, -0.2) is 0 Å². The molecule has 2 unspecified atom stereocenters. The molecule has 2 aliphatic rings. The predicted molar refractivity (Wildman–Crippen MR) is 109 cm³/mol. The third-order valence-corrected chi connectivity index (χ3v) is 5.89. The molecule has 28 heavy (non-hydrogen) atoms. The molecule has 8 heteroatoms. The maximum absolute atomic E-state index is 13.1. The largest absolute Gasteiger partial charge is 0.382 e. The van der Waals surface area contributed by atoms with E-state index in [4.69, 9.17) is 16.3 Å². The van der Waals surface area contributed by atoms with Gasteiger partial charge in [-0.15, -0.1) is 0 Å². The maximum atomic E-state index is 13.1.